The summed E-state index contributed by atoms with van der Waals surface area (Å²) in [6.45, 7) is 2.59. The Hall–Kier alpha value is -2.48. The van der Waals surface area contributed by atoms with Gasteiger partial charge in [-0.05, 0) is 12.1 Å². The van der Waals surface area contributed by atoms with E-state index in [4.69, 9.17) is 10.5 Å². The molecule has 1 aromatic heterocycles. The minimum absolute atomic E-state index is 0.350. The van der Waals surface area contributed by atoms with Crippen molar-refractivity contribution in [1.29, 1.82) is 0 Å². The summed E-state index contributed by atoms with van der Waals surface area (Å²) in [5.74, 6) is -0.896. The number of nitrogens with two attached hydrogens (primary N) is 1. The van der Waals surface area contributed by atoms with Crippen LogP contribution in [-0.2, 0) is 4.74 Å². The highest BCUT2D eigenvalue weighted by molar-refractivity contribution is 5.78. The Labute approximate surface area is 125 Å². The van der Waals surface area contributed by atoms with Crippen LogP contribution in [0.3, 0.4) is 0 Å². The molecule has 116 valence electrons. The van der Waals surface area contributed by atoms with Gasteiger partial charge in [0, 0.05) is 24.8 Å². The number of hydrogen-bond donors (Lipinski definition) is 2. The molecule has 1 aliphatic heterocycles. The van der Waals surface area contributed by atoms with E-state index < -0.39 is 11.6 Å². The number of hydrogen-bond acceptors (Lipinski definition) is 6. The number of aromatic nitrogens is 2. The first-order valence-electron chi connectivity index (χ1n) is 6.80. The molecule has 2 aromatic rings. The molecule has 0 aliphatic carbocycles. The van der Waals surface area contributed by atoms with E-state index in [0.717, 1.165) is 12.1 Å². The van der Waals surface area contributed by atoms with Crippen molar-refractivity contribution in [3.05, 3.63) is 36.2 Å². The van der Waals surface area contributed by atoms with Crippen molar-refractivity contribution < 1.29 is 13.5 Å². The fourth-order valence-electron chi connectivity index (χ4n) is 2.22. The number of halogens is 2. The lowest BCUT2D eigenvalue weighted by molar-refractivity contribution is 0.122. The highest BCUT2D eigenvalue weighted by Crippen LogP contribution is 2.29. The van der Waals surface area contributed by atoms with Gasteiger partial charge >= 0.3 is 0 Å². The number of nitrogens with one attached hydrogen (secondary N) is 1. The van der Waals surface area contributed by atoms with Crippen LogP contribution in [0.5, 0.6) is 0 Å². The molecule has 0 atom stereocenters. The number of nitrogen functional groups attached to an aromatic ring is 1. The predicted octanol–water partition coefficient (Wildman–Crippen LogP) is 1.92. The van der Waals surface area contributed by atoms with Gasteiger partial charge in [0.1, 0.15) is 12.0 Å². The fourth-order valence-corrected chi connectivity index (χ4v) is 2.22. The molecule has 0 saturated carbocycles. The van der Waals surface area contributed by atoms with Gasteiger partial charge in [-0.3, -0.25) is 0 Å². The van der Waals surface area contributed by atoms with Gasteiger partial charge in [-0.1, -0.05) is 0 Å². The predicted molar refractivity (Wildman–Crippen MR) is 79.1 cm³/mol. The highest BCUT2D eigenvalue weighted by Gasteiger charge is 2.18. The lowest BCUT2D eigenvalue weighted by Gasteiger charge is -2.28. The van der Waals surface area contributed by atoms with Gasteiger partial charge in [-0.2, -0.15) is 0 Å². The van der Waals surface area contributed by atoms with Crippen LogP contribution in [0.2, 0.25) is 0 Å². The first-order valence-corrected chi connectivity index (χ1v) is 6.80. The summed E-state index contributed by atoms with van der Waals surface area (Å²) in [7, 11) is 0. The summed E-state index contributed by atoms with van der Waals surface area (Å²) >= 11 is 0. The van der Waals surface area contributed by atoms with E-state index in [1.807, 2.05) is 4.90 Å². The lowest BCUT2D eigenvalue weighted by atomic mass is 10.3. The van der Waals surface area contributed by atoms with Crippen molar-refractivity contribution in [2.24, 2.45) is 0 Å². The van der Waals surface area contributed by atoms with Gasteiger partial charge in [0.2, 0.25) is 0 Å². The Morgan fingerprint density at radius 3 is 2.64 bits per heavy atom. The molecule has 0 spiro atoms. The van der Waals surface area contributed by atoms with E-state index in [9.17, 15) is 8.78 Å². The fraction of sp³-hybridized carbons (Fsp3) is 0.286. The largest absolute Gasteiger partial charge is 0.393 e. The van der Waals surface area contributed by atoms with E-state index in [1.54, 1.807) is 0 Å². The topological polar surface area (TPSA) is 76.3 Å². The molecule has 1 aliphatic rings. The minimum atomic E-state index is -0.939. The molecule has 0 amide bonds. The SMILES string of the molecule is Nc1c(Nc2ccc(F)c(F)c2)ncnc1N1CCOCC1. The number of benzene rings is 1. The molecule has 8 heteroatoms. The molecule has 22 heavy (non-hydrogen) atoms. The zero-order valence-electron chi connectivity index (χ0n) is 11.7. The van der Waals surface area contributed by atoms with Crippen LogP contribution in [0, 0.1) is 11.6 Å². The van der Waals surface area contributed by atoms with Gasteiger partial charge in [-0.25, -0.2) is 18.7 Å². The lowest BCUT2D eigenvalue weighted by Crippen LogP contribution is -2.37. The monoisotopic (exact) mass is 307 g/mol. The number of nitrogens with zero attached hydrogens (tertiary/aromatic N) is 3. The third kappa shape index (κ3) is 2.91. The van der Waals surface area contributed by atoms with E-state index in [0.29, 0.717) is 49.3 Å². The Morgan fingerprint density at radius 1 is 1.14 bits per heavy atom. The summed E-state index contributed by atoms with van der Waals surface area (Å²) in [4.78, 5) is 10.3. The average Bonchev–Trinajstić information content (AvgIpc) is 2.54. The molecule has 1 aromatic carbocycles. The first kappa shape index (κ1) is 14.5. The molecular weight excluding hydrogens is 292 g/mol. The van der Waals surface area contributed by atoms with Crippen LogP contribution in [0.4, 0.5) is 31.8 Å². The van der Waals surface area contributed by atoms with Gasteiger partial charge in [0.05, 0.1) is 13.2 Å². The van der Waals surface area contributed by atoms with Crippen molar-refractivity contribution in [2.75, 3.05) is 42.3 Å². The van der Waals surface area contributed by atoms with Crippen molar-refractivity contribution in [3.8, 4) is 0 Å². The zero-order valence-corrected chi connectivity index (χ0v) is 11.7. The molecule has 3 rings (SSSR count). The Kier molecular flexibility index (Phi) is 4.01. The van der Waals surface area contributed by atoms with Crippen LogP contribution in [0.15, 0.2) is 24.5 Å². The zero-order chi connectivity index (χ0) is 15.5. The maximum atomic E-state index is 13.3. The highest BCUT2D eigenvalue weighted by atomic mass is 19.2. The second kappa shape index (κ2) is 6.10. The van der Waals surface area contributed by atoms with Crippen LogP contribution in [-0.4, -0.2) is 36.3 Å². The normalized spacial score (nSPS) is 14.9. The molecule has 0 radical (unpaired) electrons. The maximum Gasteiger partial charge on any atom is 0.160 e. The van der Waals surface area contributed by atoms with Crippen molar-refractivity contribution in [1.82, 2.24) is 9.97 Å². The Bertz CT molecular complexity index is 676. The molecule has 0 unspecified atom stereocenters. The van der Waals surface area contributed by atoms with Gasteiger partial charge < -0.3 is 20.7 Å². The van der Waals surface area contributed by atoms with Crippen LogP contribution < -0.4 is 16.0 Å². The molecular formula is C14H15F2N5O. The van der Waals surface area contributed by atoms with Crippen LogP contribution >= 0.6 is 0 Å². The summed E-state index contributed by atoms with van der Waals surface area (Å²) < 4.78 is 31.5. The molecule has 3 N–H and O–H groups in total. The summed E-state index contributed by atoms with van der Waals surface area (Å²) in [5, 5.41) is 2.88. The second-order valence-corrected chi connectivity index (χ2v) is 4.81. The number of morpholine rings is 1. The quantitative estimate of drug-likeness (QED) is 0.902. The van der Waals surface area contributed by atoms with Gasteiger partial charge in [0.15, 0.2) is 23.3 Å². The van der Waals surface area contributed by atoms with Crippen molar-refractivity contribution in [3.63, 3.8) is 0 Å². The smallest absolute Gasteiger partial charge is 0.160 e. The summed E-state index contributed by atoms with van der Waals surface area (Å²) in [5.41, 5.74) is 6.81. The average molecular weight is 307 g/mol. The molecule has 6 nitrogen and oxygen atoms in total. The standard InChI is InChI=1S/C14H15F2N5O/c15-10-2-1-9(7-11(10)16)20-13-12(17)14(19-8-18-13)21-3-5-22-6-4-21/h1-2,7-8H,3-6,17H2,(H,18,19,20). The molecule has 1 fully saturated rings. The van der Waals surface area contributed by atoms with Gasteiger partial charge in [-0.15, -0.1) is 0 Å². The number of rotatable bonds is 3. The van der Waals surface area contributed by atoms with E-state index in [-0.39, 0.29) is 0 Å². The molecule has 0 bridgehead atoms. The van der Waals surface area contributed by atoms with Crippen LogP contribution in [0.25, 0.3) is 0 Å². The molecule has 1 saturated heterocycles. The summed E-state index contributed by atoms with van der Waals surface area (Å²) in [6.07, 6.45) is 1.38. The molecule has 2 heterocycles. The van der Waals surface area contributed by atoms with Crippen LogP contribution in [0.1, 0.15) is 0 Å². The van der Waals surface area contributed by atoms with E-state index in [2.05, 4.69) is 15.3 Å². The third-order valence-electron chi connectivity index (χ3n) is 3.36. The number of ether oxygens (including phenoxy) is 1. The second-order valence-electron chi connectivity index (χ2n) is 4.81. The minimum Gasteiger partial charge on any atom is -0.393 e. The van der Waals surface area contributed by atoms with Gasteiger partial charge in [0.25, 0.3) is 0 Å². The van der Waals surface area contributed by atoms with Crippen molar-refractivity contribution in [2.45, 2.75) is 0 Å². The van der Waals surface area contributed by atoms with Crippen molar-refractivity contribution >= 4 is 23.0 Å². The maximum absolute atomic E-state index is 13.3. The number of anilines is 4. The van der Waals surface area contributed by atoms with E-state index in [1.165, 1.54) is 12.4 Å². The third-order valence-corrected chi connectivity index (χ3v) is 3.36. The Morgan fingerprint density at radius 2 is 1.91 bits per heavy atom. The Balaban J connectivity index is 1.86. The first-order chi connectivity index (χ1) is 10.6. The summed E-state index contributed by atoms with van der Waals surface area (Å²) in [6, 6.07) is 3.50. The van der Waals surface area contributed by atoms with E-state index >= 15 is 0 Å².